The van der Waals surface area contributed by atoms with Gasteiger partial charge < -0.3 is 36.6 Å². The van der Waals surface area contributed by atoms with Gasteiger partial charge in [0.05, 0.1) is 19.6 Å². The molecular weight excluding hydrogens is 564 g/mol. The van der Waals surface area contributed by atoms with Gasteiger partial charge in [0.2, 0.25) is 11.9 Å². The van der Waals surface area contributed by atoms with Gasteiger partial charge in [-0.05, 0) is 70.3 Å². The van der Waals surface area contributed by atoms with E-state index in [9.17, 15) is 9.59 Å². The van der Waals surface area contributed by atoms with Crippen LogP contribution in [0, 0.1) is 6.92 Å². The summed E-state index contributed by atoms with van der Waals surface area (Å²) in [6.07, 6.45) is 10.8. The van der Waals surface area contributed by atoms with Crippen molar-refractivity contribution in [1.29, 1.82) is 0 Å². The summed E-state index contributed by atoms with van der Waals surface area (Å²) >= 11 is 0. The molecule has 2 aliphatic rings. The SMILES string of the molecule is Cc1cc(NC2CCN(C(=O)CCNCC(=O)O)CC2)nc(NCc2nnn(CCCNCCCNC3CCCCC3)n2)n1. The number of likely N-dealkylation sites (tertiary alicyclic amines) is 1. The smallest absolute Gasteiger partial charge is 0.317 e. The highest BCUT2D eigenvalue weighted by molar-refractivity contribution is 5.76. The zero-order valence-corrected chi connectivity index (χ0v) is 26.1. The topological polar surface area (TPSA) is 187 Å². The van der Waals surface area contributed by atoms with Crippen LogP contribution in [0.25, 0.3) is 0 Å². The molecule has 1 amide bonds. The van der Waals surface area contributed by atoms with Crippen molar-refractivity contribution in [2.75, 3.05) is 56.4 Å². The molecule has 2 aromatic heterocycles. The molecule has 4 rings (SSSR count). The summed E-state index contributed by atoms with van der Waals surface area (Å²) in [5.74, 6) is 0.927. The van der Waals surface area contributed by atoms with E-state index in [1.165, 1.54) is 32.1 Å². The minimum atomic E-state index is -0.926. The van der Waals surface area contributed by atoms with Crippen molar-refractivity contribution >= 4 is 23.6 Å². The number of nitrogens with zero attached hydrogens (tertiary/aromatic N) is 7. The van der Waals surface area contributed by atoms with E-state index >= 15 is 0 Å². The van der Waals surface area contributed by atoms with E-state index in [2.05, 4.69) is 52.0 Å². The van der Waals surface area contributed by atoms with Crippen molar-refractivity contribution in [3.63, 3.8) is 0 Å². The van der Waals surface area contributed by atoms with Gasteiger partial charge >= 0.3 is 5.97 Å². The van der Waals surface area contributed by atoms with Crippen molar-refractivity contribution in [3.05, 3.63) is 17.6 Å². The van der Waals surface area contributed by atoms with Crippen LogP contribution in [0.15, 0.2) is 6.07 Å². The van der Waals surface area contributed by atoms with Crippen LogP contribution >= 0.6 is 0 Å². The zero-order valence-electron chi connectivity index (χ0n) is 26.1. The van der Waals surface area contributed by atoms with E-state index in [1.807, 2.05) is 17.9 Å². The van der Waals surface area contributed by atoms with Crippen molar-refractivity contribution in [2.45, 2.75) is 96.3 Å². The molecule has 2 fully saturated rings. The maximum absolute atomic E-state index is 12.4. The van der Waals surface area contributed by atoms with Gasteiger partial charge in [-0.15, -0.1) is 10.2 Å². The molecule has 1 aliphatic carbocycles. The van der Waals surface area contributed by atoms with Gasteiger partial charge in [0.1, 0.15) is 5.82 Å². The maximum atomic E-state index is 12.4. The van der Waals surface area contributed by atoms with Crippen LogP contribution < -0.4 is 26.6 Å². The Labute approximate surface area is 259 Å². The molecule has 1 aliphatic heterocycles. The Hall–Kier alpha value is -3.43. The quantitative estimate of drug-likeness (QED) is 0.124. The van der Waals surface area contributed by atoms with Crippen LogP contribution in [0.5, 0.6) is 0 Å². The number of carboxylic acid groups (broad SMARTS) is 1. The van der Waals surface area contributed by atoms with Crippen LogP contribution in [-0.4, -0.2) is 110 Å². The predicted octanol–water partition coefficient (Wildman–Crippen LogP) is 1.14. The number of aromatic nitrogens is 6. The number of nitrogens with one attached hydrogen (secondary N) is 5. The zero-order chi connectivity index (χ0) is 31.0. The van der Waals surface area contributed by atoms with Crippen LogP contribution in [0.3, 0.4) is 0 Å². The Kier molecular flexibility index (Phi) is 14.0. The lowest BCUT2D eigenvalue weighted by molar-refractivity contribution is -0.136. The average Bonchev–Trinajstić information content (AvgIpc) is 3.48. The molecule has 0 spiro atoms. The van der Waals surface area contributed by atoms with Gasteiger partial charge in [-0.25, -0.2) is 4.98 Å². The number of aliphatic carboxylic acids is 1. The first-order chi connectivity index (χ1) is 21.4. The Morgan fingerprint density at radius 2 is 1.75 bits per heavy atom. The Balaban J connectivity index is 1.09. The van der Waals surface area contributed by atoms with Gasteiger partial charge in [0.25, 0.3) is 0 Å². The number of rotatable bonds is 19. The fourth-order valence-electron chi connectivity index (χ4n) is 5.65. The van der Waals surface area contributed by atoms with Crippen LogP contribution in [0.4, 0.5) is 11.8 Å². The van der Waals surface area contributed by atoms with E-state index in [1.54, 1.807) is 4.80 Å². The molecule has 1 saturated carbocycles. The number of piperidine rings is 1. The highest BCUT2D eigenvalue weighted by atomic mass is 16.4. The first-order valence-electron chi connectivity index (χ1n) is 16.2. The third-order valence-corrected chi connectivity index (χ3v) is 8.02. The normalized spacial score (nSPS) is 16.2. The molecule has 0 unspecified atom stereocenters. The fourth-order valence-corrected chi connectivity index (χ4v) is 5.65. The standard InChI is InChI=1S/C29H50N12O3/c1-22-19-25(35-24-10-17-40(18-11-24)27(42)9-15-31-21-28(43)44)36-29(34-22)33-20-26-37-39-41(38-26)16-6-13-30-12-5-14-32-23-7-3-2-4-8-23/h19,23-24,30-32H,2-18,20-21H2,1H3,(H,43,44)(H2,33,34,35,36). The lowest BCUT2D eigenvalue weighted by Crippen LogP contribution is -2.43. The Morgan fingerprint density at radius 3 is 2.55 bits per heavy atom. The maximum Gasteiger partial charge on any atom is 0.317 e. The summed E-state index contributed by atoms with van der Waals surface area (Å²) in [6, 6.07) is 2.83. The van der Waals surface area contributed by atoms with Crippen molar-refractivity contribution in [1.82, 2.24) is 51.0 Å². The molecule has 6 N–H and O–H groups in total. The van der Waals surface area contributed by atoms with Gasteiger partial charge in [-0.1, -0.05) is 19.3 Å². The highest BCUT2D eigenvalue weighted by Crippen LogP contribution is 2.18. The minimum Gasteiger partial charge on any atom is -0.480 e. The summed E-state index contributed by atoms with van der Waals surface area (Å²) in [7, 11) is 0. The van der Waals surface area contributed by atoms with Gasteiger partial charge in [0.15, 0.2) is 5.82 Å². The molecule has 0 atom stereocenters. The Morgan fingerprint density at radius 1 is 0.955 bits per heavy atom. The van der Waals surface area contributed by atoms with Crippen LogP contribution in [0.2, 0.25) is 0 Å². The molecule has 244 valence electrons. The van der Waals surface area contributed by atoms with Gasteiger partial charge in [-0.2, -0.15) is 9.78 Å². The molecule has 1 saturated heterocycles. The molecule has 15 nitrogen and oxygen atoms in total. The second kappa shape index (κ2) is 18.4. The lowest BCUT2D eigenvalue weighted by atomic mass is 9.95. The number of tetrazole rings is 1. The summed E-state index contributed by atoms with van der Waals surface area (Å²) in [6.45, 7) is 7.56. The summed E-state index contributed by atoms with van der Waals surface area (Å²) in [5.41, 5.74) is 0.834. The number of carbonyl (C=O) groups is 2. The van der Waals surface area contributed by atoms with Crippen LogP contribution in [0.1, 0.15) is 75.7 Å². The number of hydrogen-bond acceptors (Lipinski definition) is 12. The lowest BCUT2D eigenvalue weighted by Gasteiger charge is -2.32. The van der Waals surface area contributed by atoms with E-state index < -0.39 is 5.97 Å². The number of aryl methyl sites for hydroxylation is 2. The first kappa shape index (κ1) is 33.5. The first-order valence-corrected chi connectivity index (χ1v) is 16.2. The molecule has 3 heterocycles. The number of hydrogen-bond donors (Lipinski definition) is 6. The second-order valence-electron chi connectivity index (χ2n) is 11.7. The highest BCUT2D eigenvalue weighted by Gasteiger charge is 2.23. The molecule has 44 heavy (non-hydrogen) atoms. The van der Waals surface area contributed by atoms with Crippen molar-refractivity contribution < 1.29 is 14.7 Å². The number of anilines is 2. The molecule has 15 heteroatoms. The molecule has 2 aromatic rings. The number of carbonyl (C=O) groups excluding carboxylic acids is 1. The van der Waals surface area contributed by atoms with Crippen molar-refractivity contribution in [3.8, 4) is 0 Å². The summed E-state index contributed by atoms with van der Waals surface area (Å²) in [4.78, 5) is 35.6. The number of amides is 1. The Bertz CT molecular complexity index is 1150. The third-order valence-electron chi connectivity index (χ3n) is 8.02. The summed E-state index contributed by atoms with van der Waals surface area (Å²) < 4.78 is 0. The monoisotopic (exact) mass is 614 g/mol. The molecule has 0 radical (unpaired) electrons. The summed E-state index contributed by atoms with van der Waals surface area (Å²) in [5, 5.41) is 38.1. The average molecular weight is 615 g/mol. The van der Waals surface area contributed by atoms with E-state index in [4.69, 9.17) is 5.11 Å². The van der Waals surface area contributed by atoms with E-state index in [-0.39, 0.29) is 18.5 Å². The molecule has 0 bridgehead atoms. The second-order valence-corrected chi connectivity index (χ2v) is 11.7. The fraction of sp³-hybridized carbons (Fsp3) is 0.759. The molecular formula is C29H50N12O3. The van der Waals surface area contributed by atoms with Crippen LogP contribution in [-0.2, 0) is 22.7 Å². The van der Waals surface area contributed by atoms with E-state index in [0.717, 1.165) is 62.9 Å². The minimum absolute atomic E-state index is 0.0425. The largest absolute Gasteiger partial charge is 0.480 e. The van der Waals surface area contributed by atoms with Gasteiger partial charge in [0, 0.05) is 49.9 Å². The van der Waals surface area contributed by atoms with E-state index in [0.29, 0.717) is 50.9 Å². The third kappa shape index (κ3) is 12.3. The van der Waals surface area contributed by atoms with Crippen molar-refractivity contribution in [2.24, 2.45) is 0 Å². The molecule has 0 aromatic carbocycles. The number of carboxylic acids is 1. The van der Waals surface area contributed by atoms with Gasteiger partial charge in [-0.3, -0.25) is 9.59 Å². The predicted molar refractivity (Wildman–Crippen MR) is 167 cm³/mol.